The molecule has 4 rings (SSSR count). The first-order valence-electron chi connectivity index (χ1n) is 11.7. The summed E-state index contributed by atoms with van der Waals surface area (Å²) >= 11 is 0. The highest BCUT2D eigenvalue weighted by Gasteiger charge is 2.42. The zero-order chi connectivity index (χ0) is 27.2. The van der Waals surface area contributed by atoms with Crippen molar-refractivity contribution in [2.24, 2.45) is 5.92 Å². The van der Waals surface area contributed by atoms with Gasteiger partial charge in [-0.3, -0.25) is 9.69 Å². The summed E-state index contributed by atoms with van der Waals surface area (Å²) in [6.45, 7) is 0.115. The van der Waals surface area contributed by atoms with E-state index in [1.54, 1.807) is 17.0 Å². The Labute approximate surface area is 209 Å². The number of piperidine rings is 1. The lowest BCUT2D eigenvalue weighted by Gasteiger charge is -2.37. The van der Waals surface area contributed by atoms with Gasteiger partial charge in [-0.25, -0.2) is 4.39 Å². The molecule has 37 heavy (non-hydrogen) atoms. The van der Waals surface area contributed by atoms with Crippen molar-refractivity contribution >= 4 is 5.78 Å². The molecule has 4 nitrogen and oxygen atoms in total. The van der Waals surface area contributed by atoms with E-state index < -0.39 is 35.1 Å². The summed E-state index contributed by atoms with van der Waals surface area (Å²) < 4.78 is 105. The van der Waals surface area contributed by atoms with Crippen LogP contribution < -0.4 is 9.47 Å². The third-order valence-electron chi connectivity index (χ3n) is 7.13. The van der Waals surface area contributed by atoms with Gasteiger partial charge in [-0.2, -0.15) is 26.3 Å². The monoisotopic (exact) mass is 533 g/mol. The second kappa shape index (κ2) is 9.81. The number of carbonyl (C=O) groups is 1. The van der Waals surface area contributed by atoms with Crippen molar-refractivity contribution in [3.8, 4) is 11.5 Å². The smallest absolute Gasteiger partial charge is 0.416 e. The Balaban J connectivity index is 1.42. The Morgan fingerprint density at radius 2 is 1.43 bits per heavy atom. The van der Waals surface area contributed by atoms with Crippen LogP contribution in [-0.4, -0.2) is 43.7 Å². The molecule has 2 aliphatic rings. The number of ketones is 1. The topological polar surface area (TPSA) is 38.8 Å². The number of alkyl halides is 7. The van der Waals surface area contributed by atoms with Gasteiger partial charge >= 0.3 is 12.4 Å². The van der Waals surface area contributed by atoms with Gasteiger partial charge in [-0.1, -0.05) is 0 Å². The van der Waals surface area contributed by atoms with E-state index >= 15 is 4.39 Å². The Morgan fingerprint density at radius 1 is 0.892 bits per heavy atom. The van der Waals surface area contributed by atoms with Crippen LogP contribution in [0.3, 0.4) is 0 Å². The lowest BCUT2D eigenvalue weighted by Crippen LogP contribution is -2.43. The van der Waals surface area contributed by atoms with Crippen LogP contribution in [0.25, 0.3) is 0 Å². The number of methoxy groups -OCH3 is 2. The normalized spacial score (nSPS) is 20.1. The van der Waals surface area contributed by atoms with Gasteiger partial charge in [0.15, 0.2) is 17.3 Å². The van der Waals surface area contributed by atoms with E-state index in [4.69, 9.17) is 9.47 Å². The molecule has 1 heterocycles. The predicted octanol–water partition coefficient (Wildman–Crippen LogP) is 6.49. The molecular formula is C26H26F7NO3. The molecule has 1 fully saturated rings. The lowest BCUT2D eigenvalue weighted by molar-refractivity contribution is -0.143. The molecule has 1 atom stereocenters. The number of halogens is 7. The van der Waals surface area contributed by atoms with Crippen LogP contribution >= 0.6 is 0 Å². The van der Waals surface area contributed by atoms with Gasteiger partial charge in [-0.05, 0) is 67.1 Å². The van der Waals surface area contributed by atoms with Crippen LogP contribution in [0.15, 0.2) is 30.3 Å². The fraction of sp³-hybridized carbons (Fsp3) is 0.500. The largest absolute Gasteiger partial charge is 0.493 e. The van der Waals surface area contributed by atoms with E-state index in [0.717, 1.165) is 5.56 Å². The zero-order valence-corrected chi connectivity index (χ0v) is 20.2. The summed E-state index contributed by atoms with van der Waals surface area (Å²) in [5, 5.41) is 0. The van der Waals surface area contributed by atoms with Gasteiger partial charge in [0, 0.05) is 31.1 Å². The molecule has 0 radical (unpaired) electrons. The molecule has 2 aromatic rings. The average Bonchev–Trinajstić information content (AvgIpc) is 3.12. The van der Waals surface area contributed by atoms with Crippen LogP contribution in [-0.2, 0) is 25.3 Å². The maximum absolute atomic E-state index is 15.7. The average molecular weight is 533 g/mol. The van der Waals surface area contributed by atoms with E-state index in [2.05, 4.69) is 0 Å². The third-order valence-corrected chi connectivity index (χ3v) is 7.13. The molecule has 2 aromatic carbocycles. The number of carbonyl (C=O) groups excluding carboxylic acids is 1. The first kappa shape index (κ1) is 27.2. The molecule has 1 unspecified atom stereocenters. The van der Waals surface area contributed by atoms with Crippen LogP contribution in [0.4, 0.5) is 30.7 Å². The lowest BCUT2D eigenvalue weighted by atomic mass is 9.82. The summed E-state index contributed by atoms with van der Waals surface area (Å²) in [6, 6.07) is 4.79. The fourth-order valence-corrected chi connectivity index (χ4v) is 5.19. The summed E-state index contributed by atoms with van der Waals surface area (Å²) in [7, 11) is 2.93. The highest BCUT2D eigenvalue weighted by Crippen LogP contribution is 2.42. The van der Waals surface area contributed by atoms with Gasteiger partial charge in [0.05, 0.1) is 25.3 Å². The Hall–Kier alpha value is -2.82. The number of Topliss-reactive ketones (excluding diaryl/α,β-unsaturated/α-hetero) is 1. The number of hydrogen-bond acceptors (Lipinski definition) is 4. The zero-order valence-electron chi connectivity index (χ0n) is 20.2. The van der Waals surface area contributed by atoms with Crippen molar-refractivity contribution in [3.63, 3.8) is 0 Å². The first-order chi connectivity index (χ1) is 17.2. The molecule has 0 spiro atoms. The first-order valence-corrected chi connectivity index (χ1v) is 11.7. The highest BCUT2D eigenvalue weighted by molar-refractivity contribution is 6.03. The molecule has 0 amide bonds. The Kier molecular flexibility index (Phi) is 7.22. The number of hydrogen-bond donors (Lipinski definition) is 0. The summed E-state index contributed by atoms with van der Waals surface area (Å²) in [6.07, 6.45) is -9.47. The van der Waals surface area contributed by atoms with Gasteiger partial charge < -0.3 is 9.47 Å². The number of benzene rings is 2. The second-order valence-electron chi connectivity index (χ2n) is 9.67. The van der Waals surface area contributed by atoms with Crippen LogP contribution in [0, 0.1) is 5.92 Å². The van der Waals surface area contributed by atoms with Crippen molar-refractivity contribution in [3.05, 3.63) is 58.1 Å². The highest BCUT2D eigenvalue weighted by atomic mass is 19.4. The molecule has 202 valence electrons. The number of fused-ring (bicyclic) bond motifs is 1. The van der Waals surface area contributed by atoms with Gasteiger partial charge in [0.2, 0.25) is 0 Å². The summed E-state index contributed by atoms with van der Waals surface area (Å²) in [4.78, 5) is 14.6. The number of nitrogens with zero attached hydrogens (tertiary/aromatic N) is 1. The molecule has 1 saturated heterocycles. The fourth-order valence-electron chi connectivity index (χ4n) is 5.19. The van der Waals surface area contributed by atoms with E-state index in [9.17, 15) is 31.1 Å². The summed E-state index contributed by atoms with van der Waals surface area (Å²) in [5.41, 5.74) is -3.34. The minimum absolute atomic E-state index is 0.0131. The molecule has 11 heteroatoms. The van der Waals surface area contributed by atoms with Gasteiger partial charge in [0.1, 0.15) is 5.67 Å². The van der Waals surface area contributed by atoms with E-state index in [0.29, 0.717) is 35.6 Å². The van der Waals surface area contributed by atoms with Gasteiger partial charge in [-0.15, -0.1) is 0 Å². The van der Waals surface area contributed by atoms with Crippen molar-refractivity contribution in [2.45, 2.75) is 50.2 Å². The quantitative estimate of drug-likeness (QED) is 0.398. The summed E-state index contributed by atoms with van der Waals surface area (Å²) in [5.74, 6) is 0.128. The molecule has 1 aliphatic heterocycles. The second-order valence-corrected chi connectivity index (χ2v) is 9.67. The minimum atomic E-state index is -4.93. The van der Waals surface area contributed by atoms with Crippen LogP contribution in [0.1, 0.15) is 51.9 Å². The molecule has 0 saturated carbocycles. The molecule has 0 bridgehead atoms. The maximum atomic E-state index is 15.7. The standard InChI is InChI=1S/C26H26F7NO3/c1-36-21-10-16-9-17(23(35)20(16)12-22(21)37-2)13-24(27)3-5-34(6-4-24)14-15-7-18(25(28,29)30)11-19(8-15)26(31,32)33/h7-8,10-12,17H,3-6,9,13-14H2,1-2H3. The van der Waals surface area contributed by atoms with E-state index in [1.807, 2.05) is 0 Å². The number of ether oxygens (including phenoxy) is 2. The Morgan fingerprint density at radius 3 is 1.95 bits per heavy atom. The van der Waals surface area contributed by atoms with Gasteiger partial charge in [0.25, 0.3) is 0 Å². The minimum Gasteiger partial charge on any atom is -0.493 e. The number of rotatable bonds is 6. The molecular weight excluding hydrogens is 507 g/mol. The third kappa shape index (κ3) is 5.86. The Bertz CT molecular complexity index is 1140. The van der Waals surface area contributed by atoms with Crippen LogP contribution in [0.2, 0.25) is 0 Å². The van der Waals surface area contributed by atoms with Crippen molar-refractivity contribution in [1.82, 2.24) is 4.90 Å². The van der Waals surface area contributed by atoms with Crippen molar-refractivity contribution < 1.29 is 45.0 Å². The van der Waals surface area contributed by atoms with Crippen molar-refractivity contribution in [1.29, 1.82) is 0 Å². The maximum Gasteiger partial charge on any atom is 0.416 e. The number of likely N-dealkylation sites (tertiary alicyclic amines) is 1. The molecule has 1 aliphatic carbocycles. The van der Waals surface area contributed by atoms with Crippen LogP contribution in [0.5, 0.6) is 11.5 Å². The van der Waals surface area contributed by atoms with E-state index in [1.165, 1.54) is 14.2 Å². The predicted molar refractivity (Wildman–Crippen MR) is 120 cm³/mol. The van der Waals surface area contributed by atoms with Crippen molar-refractivity contribution in [2.75, 3.05) is 27.3 Å². The SMILES string of the molecule is COc1cc2c(cc1OC)C(=O)C(CC1(F)CCN(Cc3cc(C(F)(F)F)cc(C(F)(F)F)c3)CC1)C2. The van der Waals surface area contributed by atoms with E-state index in [-0.39, 0.29) is 56.3 Å². The molecule has 0 N–H and O–H groups in total. The molecule has 0 aromatic heterocycles.